The molecule has 1 aliphatic carbocycles. The Balaban J connectivity index is 1.90. The van der Waals surface area contributed by atoms with Crippen molar-refractivity contribution < 1.29 is 0 Å². The SMILES string of the molecule is CCCc1ccc(-c2ccc3c(c2)CCC3N)cc1. The Morgan fingerprint density at radius 3 is 2.53 bits per heavy atom. The third-order valence-electron chi connectivity index (χ3n) is 4.09. The minimum absolute atomic E-state index is 0.246. The van der Waals surface area contributed by atoms with E-state index < -0.39 is 0 Å². The summed E-state index contributed by atoms with van der Waals surface area (Å²) in [6.45, 7) is 2.22. The normalized spacial score (nSPS) is 17.5. The number of nitrogens with two attached hydrogens (primary N) is 1. The van der Waals surface area contributed by atoms with E-state index in [0.717, 1.165) is 12.8 Å². The molecule has 2 N–H and O–H groups in total. The number of rotatable bonds is 3. The van der Waals surface area contributed by atoms with E-state index in [1.807, 2.05) is 0 Å². The molecular formula is C18H21N. The van der Waals surface area contributed by atoms with Gasteiger partial charge in [0.2, 0.25) is 0 Å². The first kappa shape index (κ1) is 12.4. The lowest BCUT2D eigenvalue weighted by atomic mass is 9.98. The second-order valence-electron chi connectivity index (χ2n) is 5.51. The summed E-state index contributed by atoms with van der Waals surface area (Å²) in [6, 6.07) is 16.0. The zero-order chi connectivity index (χ0) is 13.2. The minimum Gasteiger partial charge on any atom is -0.324 e. The first-order valence-electron chi connectivity index (χ1n) is 7.25. The van der Waals surface area contributed by atoms with Crippen molar-refractivity contribution in [3.8, 4) is 11.1 Å². The van der Waals surface area contributed by atoms with E-state index >= 15 is 0 Å². The number of hydrogen-bond donors (Lipinski definition) is 1. The fourth-order valence-electron chi connectivity index (χ4n) is 2.98. The Labute approximate surface area is 115 Å². The van der Waals surface area contributed by atoms with Gasteiger partial charge in [-0.15, -0.1) is 0 Å². The molecule has 0 radical (unpaired) electrons. The van der Waals surface area contributed by atoms with Gasteiger partial charge in [-0.3, -0.25) is 0 Å². The van der Waals surface area contributed by atoms with Gasteiger partial charge in [-0.1, -0.05) is 55.8 Å². The lowest BCUT2D eigenvalue weighted by molar-refractivity contribution is 0.713. The molecule has 0 saturated heterocycles. The van der Waals surface area contributed by atoms with Crippen LogP contribution < -0.4 is 5.73 Å². The maximum atomic E-state index is 6.09. The van der Waals surface area contributed by atoms with Crippen LogP contribution in [0.4, 0.5) is 0 Å². The maximum absolute atomic E-state index is 6.09. The second-order valence-corrected chi connectivity index (χ2v) is 5.51. The summed E-state index contributed by atoms with van der Waals surface area (Å²) in [7, 11) is 0. The molecule has 3 rings (SSSR count). The molecule has 0 saturated carbocycles. The lowest BCUT2D eigenvalue weighted by Crippen LogP contribution is -2.04. The van der Waals surface area contributed by atoms with Crippen molar-refractivity contribution in [2.45, 2.75) is 38.6 Å². The van der Waals surface area contributed by atoms with Crippen LogP contribution in [0.3, 0.4) is 0 Å². The number of hydrogen-bond acceptors (Lipinski definition) is 1. The minimum atomic E-state index is 0.246. The zero-order valence-electron chi connectivity index (χ0n) is 11.5. The Bertz CT molecular complexity index is 569. The molecule has 0 heterocycles. The van der Waals surface area contributed by atoms with Crippen molar-refractivity contribution >= 4 is 0 Å². The smallest absolute Gasteiger partial charge is 0.0300 e. The molecule has 0 aromatic heterocycles. The highest BCUT2D eigenvalue weighted by atomic mass is 14.6. The van der Waals surface area contributed by atoms with E-state index in [0.29, 0.717) is 0 Å². The molecule has 98 valence electrons. The van der Waals surface area contributed by atoms with Crippen LogP contribution in [-0.2, 0) is 12.8 Å². The van der Waals surface area contributed by atoms with E-state index in [-0.39, 0.29) is 6.04 Å². The quantitative estimate of drug-likeness (QED) is 0.867. The molecule has 0 aliphatic heterocycles. The summed E-state index contributed by atoms with van der Waals surface area (Å²) in [4.78, 5) is 0. The summed E-state index contributed by atoms with van der Waals surface area (Å²) in [5.74, 6) is 0. The van der Waals surface area contributed by atoms with Gasteiger partial charge in [0.1, 0.15) is 0 Å². The van der Waals surface area contributed by atoms with Gasteiger partial charge in [-0.25, -0.2) is 0 Å². The molecule has 2 aromatic carbocycles. The first-order chi connectivity index (χ1) is 9.28. The highest BCUT2D eigenvalue weighted by Crippen LogP contribution is 2.32. The molecule has 0 spiro atoms. The fraction of sp³-hybridized carbons (Fsp3) is 0.333. The average Bonchev–Trinajstić information content (AvgIpc) is 2.81. The highest BCUT2D eigenvalue weighted by Gasteiger charge is 2.18. The van der Waals surface area contributed by atoms with E-state index in [4.69, 9.17) is 5.73 Å². The number of fused-ring (bicyclic) bond motifs is 1. The molecule has 1 heteroatoms. The van der Waals surface area contributed by atoms with Crippen molar-refractivity contribution in [1.29, 1.82) is 0 Å². The Morgan fingerprint density at radius 1 is 1.05 bits per heavy atom. The van der Waals surface area contributed by atoms with Crippen LogP contribution in [0.5, 0.6) is 0 Å². The zero-order valence-corrected chi connectivity index (χ0v) is 11.5. The largest absolute Gasteiger partial charge is 0.324 e. The van der Waals surface area contributed by atoms with Crippen LogP contribution in [0.1, 0.15) is 42.5 Å². The van der Waals surface area contributed by atoms with Gasteiger partial charge in [0, 0.05) is 6.04 Å². The van der Waals surface area contributed by atoms with Gasteiger partial charge >= 0.3 is 0 Å². The van der Waals surface area contributed by atoms with E-state index in [1.54, 1.807) is 0 Å². The molecule has 2 aromatic rings. The average molecular weight is 251 g/mol. The molecule has 1 atom stereocenters. The van der Waals surface area contributed by atoms with Crippen molar-refractivity contribution in [2.24, 2.45) is 5.73 Å². The van der Waals surface area contributed by atoms with Crippen LogP contribution in [0, 0.1) is 0 Å². The van der Waals surface area contributed by atoms with Crippen LogP contribution in [-0.4, -0.2) is 0 Å². The van der Waals surface area contributed by atoms with Gasteiger partial charge in [-0.2, -0.15) is 0 Å². The Kier molecular flexibility index (Phi) is 3.39. The van der Waals surface area contributed by atoms with Gasteiger partial charge in [0.05, 0.1) is 0 Å². The van der Waals surface area contributed by atoms with Crippen LogP contribution in [0.15, 0.2) is 42.5 Å². The molecule has 1 nitrogen and oxygen atoms in total. The molecule has 0 bridgehead atoms. The van der Waals surface area contributed by atoms with Crippen LogP contribution in [0.25, 0.3) is 11.1 Å². The summed E-state index contributed by atoms with van der Waals surface area (Å²) in [5, 5.41) is 0. The molecule has 19 heavy (non-hydrogen) atoms. The standard InChI is InChI=1S/C18H21N/c1-2-3-13-4-6-14(7-5-13)15-8-10-17-16(12-15)9-11-18(17)19/h4-8,10,12,18H,2-3,9,11,19H2,1H3. The topological polar surface area (TPSA) is 26.0 Å². The Morgan fingerprint density at radius 2 is 1.79 bits per heavy atom. The molecular weight excluding hydrogens is 230 g/mol. The molecule has 1 aliphatic rings. The van der Waals surface area contributed by atoms with Crippen molar-refractivity contribution in [3.05, 3.63) is 59.2 Å². The van der Waals surface area contributed by atoms with E-state index in [2.05, 4.69) is 49.4 Å². The third kappa shape index (κ3) is 2.43. The highest BCUT2D eigenvalue weighted by molar-refractivity contribution is 5.65. The van der Waals surface area contributed by atoms with Crippen molar-refractivity contribution in [2.75, 3.05) is 0 Å². The molecule has 0 fully saturated rings. The maximum Gasteiger partial charge on any atom is 0.0300 e. The molecule has 0 amide bonds. The van der Waals surface area contributed by atoms with Gasteiger partial charge in [0.25, 0.3) is 0 Å². The van der Waals surface area contributed by atoms with Crippen molar-refractivity contribution in [3.63, 3.8) is 0 Å². The van der Waals surface area contributed by atoms with Crippen LogP contribution >= 0.6 is 0 Å². The van der Waals surface area contributed by atoms with Gasteiger partial charge < -0.3 is 5.73 Å². The third-order valence-corrected chi connectivity index (χ3v) is 4.09. The van der Waals surface area contributed by atoms with Gasteiger partial charge in [0.15, 0.2) is 0 Å². The first-order valence-corrected chi connectivity index (χ1v) is 7.25. The lowest BCUT2D eigenvalue weighted by Gasteiger charge is -2.08. The second kappa shape index (κ2) is 5.18. The number of benzene rings is 2. The fourth-order valence-corrected chi connectivity index (χ4v) is 2.98. The summed E-state index contributed by atoms with van der Waals surface area (Å²) < 4.78 is 0. The van der Waals surface area contributed by atoms with E-state index in [1.165, 1.54) is 40.7 Å². The summed E-state index contributed by atoms with van der Waals surface area (Å²) in [6.07, 6.45) is 4.59. The predicted molar refractivity (Wildman–Crippen MR) is 81.1 cm³/mol. The number of aryl methyl sites for hydroxylation is 2. The van der Waals surface area contributed by atoms with E-state index in [9.17, 15) is 0 Å². The molecule has 1 unspecified atom stereocenters. The Hall–Kier alpha value is -1.60. The summed E-state index contributed by atoms with van der Waals surface area (Å²) in [5.41, 5.74) is 12.9. The predicted octanol–water partition coefficient (Wildman–Crippen LogP) is 4.25. The summed E-state index contributed by atoms with van der Waals surface area (Å²) >= 11 is 0. The van der Waals surface area contributed by atoms with Gasteiger partial charge in [-0.05, 0) is 47.1 Å². The van der Waals surface area contributed by atoms with Crippen LogP contribution in [0.2, 0.25) is 0 Å². The monoisotopic (exact) mass is 251 g/mol. The van der Waals surface area contributed by atoms with Crippen molar-refractivity contribution in [1.82, 2.24) is 0 Å².